The highest BCUT2D eigenvalue weighted by Crippen LogP contribution is 2.06. The molecule has 0 atom stereocenters. The van der Waals surface area contributed by atoms with Crippen molar-refractivity contribution in [2.45, 2.75) is 33.1 Å². The molecule has 4 N–H and O–H groups in total. The van der Waals surface area contributed by atoms with Crippen LogP contribution in [-0.4, -0.2) is 17.4 Å². The lowest BCUT2D eigenvalue weighted by Crippen LogP contribution is -2.33. The molecule has 1 aromatic rings. The normalized spacial score (nSPS) is 11.2. The fourth-order valence-electron chi connectivity index (χ4n) is 1.54. The molecule has 0 unspecified atom stereocenters. The number of benzene rings is 1. The lowest BCUT2D eigenvalue weighted by atomic mass is 10.1. The molecule has 0 aliphatic rings. The van der Waals surface area contributed by atoms with Crippen LogP contribution in [0.5, 0.6) is 0 Å². The minimum Gasteiger partial charge on any atom is -0.399 e. The van der Waals surface area contributed by atoms with Gasteiger partial charge in [-0.15, -0.1) is 0 Å². The maximum atomic E-state index is 5.64. The maximum absolute atomic E-state index is 5.64. The summed E-state index contributed by atoms with van der Waals surface area (Å²) in [5.74, 6) is 0. The Labute approximate surface area is 120 Å². The summed E-state index contributed by atoms with van der Waals surface area (Å²) in [6.45, 7) is 4.99. The minimum absolute atomic E-state index is 0.561. The van der Waals surface area contributed by atoms with Gasteiger partial charge in [0, 0.05) is 12.2 Å². The zero-order valence-electron chi connectivity index (χ0n) is 11.6. The summed E-state index contributed by atoms with van der Waals surface area (Å²) in [4.78, 5) is 0. The zero-order chi connectivity index (χ0) is 14.1. The molecule has 0 radical (unpaired) electrons. The van der Waals surface area contributed by atoms with Crippen LogP contribution in [0.25, 0.3) is 0 Å². The Morgan fingerprint density at radius 1 is 1.26 bits per heavy atom. The van der Waals surface area contributed by atoms with Crippen molar-refractivity contribution in [1.82, 2.24) is 10.7 Å². The average Bonchev–Trinajstić information content (AvgIpc) is 2.42. The summed E-state index contributed by atoms with van der Waals surface area (Å²) in [6.07, 6.45) is 3.54. The Balaban J connectivity index is 2.38. The topological polar surface area (TPSA) is 62.4 Å². The van der Waals surface area contributed by atoms with Crippen LogP contribution in [-0.2, 0) is 0 Å². The molecule has 0 aliphatic heterocycles. The molecule has 0 saturated heterocycles. The van der Waals surface area contributed by atoms with Crippen LogP contribution in [0.3, 0.4) is 0 Å². The second kappa shape index (κ2) is 8.48. The van der Waals surface area contributed by atoms with Crippen molar-refractivity contribution >= 4 is 28.7 Å². The van der Waals surface area contributed by atoms with Crippen molar-refractivity contribution in [3.8, 4) is 0 Å². The Bertz CT molecular complexity index is 426. The van der Waals surface area contributed by atoms with E-state index in [0.29, 0.717) is 5.11 Å². The first-order valence-corrected chi connectivity index (χ1v) is 6.98. The number of anilines is 1. The van der Waals surface area contributed by atoms with Crippen LogP contribution in [0.2, 0.25) is 0 Å². The maximum Gasteiger partial charge on any atom is 0.186 e. The predicted molar refractivity (Wildman–Crippen MR) is 86.3 cm³/mol. The first-order valence-electron chi connectivity index (χ1n) is 6.57. The van der Waals surface area contributed by atoms with Crippen molar-refractivity contribution < 1.29 is 0 Å². The number of hydrazone groups is 1. The molecule has 0 saturated carbocycles. The fraction of sp³-hybridized carbons (Fsp3) is 0.429. The SMILES string of the molecule is CCCCCNC(=S)N/N=C(/C)c1ccc(N)cc1. The number of unbranched alkanes of at least 4 members (excludes halogenated alkanes) is 2. The highest BCUT2D eigenvalue weighted by molar-refractivity contribution is 7.80. The molecule has 0 spiro atoms. The largest absolute Gasteiger partial charge is 0.399 e. The van der Waals surface area contributed by atoms with E-state index in [-0.39, 0.29) is 0 Å². The molecule has 104 valence electrons. The smallest absolute Gasteiger partial charge is 0.186 e. The molecule has 0 fully saturated rings. The van der Waals surface area contributed by atoms with Gasteiger partial charge in [0.2, 0.25) is 0 Å². The van der Waals surface area contributed by atoms with Crippen LogP contribution < -0.4 is 16.5 Å². The van der Waals surface area contributed by atoms with Gasteiger partial charge < -0.3 is 11.1 Å². The Kier molecular flexibility index (Phi) is 6.89. The van der Waals surface area contributed by atoms with E-state index in [4.69, 9.17) is 18.0 Å². The third-order valence-corrected chi connectivity index (χ3v) is 2.96. The highest BCUT2D eigenvalue weighted by Gasteiger charge is 1.98. The molecular formula is C14H22N4S. The highest BCUT2D eigenvalue weighted by atomic mass is 32.1. The monoisotopic (exact) mass is 278 g/mol. The molecule has 4 nitrogen and oxygen atoms in total. The van der Waals surface area contributed by atoms with Gasteiger partial charge in [-0.05, 0) is 43.3 Å². The number of hydrogen-bond acceptors (Lipinski definition) is 3. The molecule has 0 aromatic heterocycles. The lowest BCUT2D eigenvalue weighted by Gasteiger charge is -2.07. The molecule has 5 heteroatoms. The van der Waals surface area contributed by atoms with E-state index in [0.717, 1.165) is 29.9 Å². The molecule has 1 rings (SSSR count). The van der Waals surface area contributed by atoms with Gasteiger partial charge in [-0.1, -0.05) is 31.9 Å². The van der Waals surface area contributed by atoms with Crippen LogP contribution >= 0.6 is 12.2 Å². The first kappa shape index (κ1) is 15.4. The Morgan fingerprint density at radius 2 is 1.95 bits per heavy atom. The van der Waals surface area contributed by atoms with Crippen molar-refractivity contribution in [3.63, 3.8) is 0 Å². The number of nitrogens with two attached hydrogens (primary N) is 1. The second-order valence-electron chi connectivity index (χ2n) is 4.39. The summed E-state index contributed by atoms with van der Waals surface area (Å²) >= 11 is 5.14. The van der Waals surface area contributed by atoms with Gasteiger partial charge in [0.05, 0.1) is 5.71 Å². The molecular weight excluding hydrogens is 256 g/mol. The molecule has 1 aromatic carbocycles. The minimum atomic E-state index is 0.561. The first-order chi connectivity index (χ1) is 9.13. The van der Waals surface area contributed by atoms with Crippen molar-refractivity contribution in [2.24, 2.45) is 5.10 Å². The number of thiocarbonyl (C=S) groups is 1. The standard InChI is InChI=1S/C14H22N4S/c1-3-4-5-10-16-14(19)18-17-11(2)12-6-8-13(15)9-7-12/h6-9H,3-5,10,15H2,1-2H3,(H2,16,18,19)/b17-11-. The van der Waals surface area contributed by atoms with E-state index in [1.165, 1.54) is 12.8 Å². The number of nitrogen functional groups attached to an aromatic ring is 1. The van der Waals surface area contributed by atoms with Gasteiger partial charge in [0.15, 0.2) is 5.11 Å². The van der Waals surface area contributed by atoms with Gasteiger partial charge in [0.1, 0.15) is 0 Å². The molecule has 0 aliphatic carbocycles. The second-order valence-corrected chi connectivity index (χ2v) is 4.80. The molecule has 0 amide bonds. The van der Waals surface area contributed by atoms with E-state index in [9.17, 15) is 0 Å². The van der Waals surface area contributed by atoms with Crippen LogP contribution in [0.4, 0.5) is 5.69 Å². The van der Waals surface area contributed by atoms with Crippen molar-refractivity contribution in [1.29, 1.82) is 0 Å². The van der Waals surface area contributed by atoms with E-state index >= 15 is 0 Å². The fourth-order valence-corrected chi connectivity index (χ4v) is 1.69. The lowest BCUT2D eigenvalue weighted by molar-refractivity contribution is 0.691. The average molecular weight is 278 g/mol. The molecule has 0 heterocycles. The Morgan fingerprint density at radius 3 is 2.58 bits per heavy atom. The number of nitrogens with zero attached hydrogens (tertiary/aromatic N) is 1. The van der Waals surface area contributed by atoms with Gasteiger partial charge >= 0.3 is 0 Å². The predicted octanol–water partition coefficient (Wildman–Crippen LogP) is 2.65. The quantitative estimate of drug-likeness (QED) is 0.246. The zero-order valence-corrected chi connectivity index (χ0v) is 12.4. The van der Waals surface area contributed by atoms with E-state index < -0.39 is 0 Å². The van der Waals surface area contributed by atoms with Crippen molar-refractivity contribution in [3.05, 3.63) is 29.8 Å². The van der Waals surface area contributed by atoms with Gasteiger partial charge in [-0.3, -0.25) is 5.43 Å². The third kappa shape index (κ3) is 6.20. The van der Waals surface area contributed by atoms with Crippen molar-refractivity contribution in [2.75, 3.05) is 12.3 Å². The van der Waals surface area contributed by atoms with Crippen LogP contribution in [0.1, 0.15) is 38.7 Å². The summed E-state index contributed by atoms with van der Waals surface area (Å²) in [7, 11) is 0. The van der Waals surface area contributed by atoms with E-state index in [2.05, 4.69) is 22.8 Å². The van der Waals surface area contributed by atoms with Crippen LogP contribution in [0.15, 0.2) is 29.4 Å². The van der Waals surface area contributed by atoms with Gasteiger partial charge in [0.25, 0.3) is 0 Å². The summed E-state index contributed by atoms with van der Waals surface area (Å²) in [5, 5.41) is 7.93. The molecule has 19 heavy (non-hydrogen) atoms. The van der Waals surface area contributed by atoms with E-state index in [1.807, 2.05) is 31.2 Å². The number of nitrogens with one attached hydrogen (secondary N) is 2. The summed E-state index contributed by atoms with van der Waals surface area (Å²) < 4.78 is 0. The number of hydrogen-bond donors (Lipinski definition) is 3. The third-order valence-electron chi connectivity index (χ3n) is 2.72. The van der Waals surface area contributed by atoms with Gasteiger partial charge in [-0.2, -0.15) is 5.10 Å². The Hall–Kier alpha value is -1.62. The van der Waals surface area contributed by atoms with Crippen LogP contribution in [0, 0.1) is 0 Å². The van der Waals surface area contributed by atoms with Gasteiger partial charge in [-0.25, -0.2) is 0 Å². The summed E-state index contributed by atoms with van der Waals surface area (Å²) in [5.41, 5.74) is 11.1. The van der Waals surface area contributed by atoms with E-state index in [1.54, 1.807) is 0 Å². The number of rotatable bonds is 6. The molecule has 0 bridgehead atoms. The summed E-state index contributed by atoms with van der Waals surface area (Å²) in [6, 6.07) is 7.59.